The zero-order valence-electron chi connectivity index (χ0n) is 11.6. The van der Waals surface area contributed by atoms with Crippen molar-refractivity contribution in [2.24, 2.45) is 0 Å². The number of hydrogen-bond donors (Lipinski definition) is 2. The van der Waals surface area contributed by atoms with E-state index in [4.69, 9.17) is 0 Å². The van der Waals surface area contributed by atoms with Crippen molar-refractivity contribution < 1.29 is 4.79 Å². The number of carbonyl (C=O) groups is 1. The molecule has 0 atom stereocenters. The number of nitrogens with one attached hydrogen (secondary N) is 2. The molecule has 2 N–H and O–H groups in total. The average Bonchev–Trinajstić information content (AvgIpc) is 2.45. The summed E-state index contributed by atoms with van der Waals surface area (Å²) in [5, 5.41) is 5.79. The van der Waals surface area contributed by atoms with Crippen LogP contribution in [0.4, 0.5) is 11.6 Å². The number of pyridine rings is 1. The van der Waals surface area contributed by atoms with Gasteiger partial charge in [0.15, 0.2) is 0 Å². The fourth-order valence-corrected chi connectivity index (χ4v) is 1.58. The van der Waals surface area contributed by atoms with Crippen LogP contribution in [0.1, 0.15) is 29.5 Å². The first kappa shape index (κ1) is 13.9. The minimum atomic E-state index is -0.322. The number of anilines is 2. The van der Waals surface area contributed by atoms with E-state index in [0.29, 0.717) is 11.6 Å². The summed E-state index contributed by atoms with van der Waals surface area (Å²) in [6.07, 6.45) is 4.00. The van der Waals surface area contributed by atoms with E-state index >= 15 is 0 Å². The van der Waals surface area contributed by atoms with Crippen molar-refractivity contribution in [3.63, 3.8) is 0 Å². The number of aromatic nitrogens is 3. The smallest absolute Gasteiger partial charge is 0.277 e. The van der Waals surface area contributed by atoms with Gasteiger partial charge in [-0.2, -0.15) is 0 Å². The molecule has 0 spiro atoms. The molecule has 0 radical (unpaired) electrons. The highest BCUT2D eigenvalue weighted by Crippen LogP contribution is 2.07. The molecule has 0 aromatic carbocycles. The molecule has 0 aliphatic carbocycles. The lowest BCUT2D eigenvalue weighted by molar-refractivity contribution is 0.102. The molecule has 6 nitrogen and oxygen atoms in total. The normalized spacial score (nSPS) is 10.1. The summed E-state index contributed by atoms with van der Waals surface area (Å²) >= 11 is 0. The molecule has 0 aliphatic heterocycles. The fourth-order valence-electron chi connectivity index (χ4n) is 1.58. The van der Waals surface area contributed by atoms with Gasteiger partial charge >= 0.3 is 0 Å². The van der Waals surface area contributed by atoms with Crippen LogP contribution in [0.3, 0.4) is 0 Å². The van der Waals surface area contributed by atoms with Crippen molar-refractivity contribution in [1.29, 1.82) is 0 Å². The molecular weight excluding hydrogens is 254 g/mol. The van der Waals surface area contributed by atoms with Crippen molar-refractivity contribution in [3.05, 3.63) is 42.0 Å². The zero-order valence-corrected chi connectivity index (χ0v) is 11.6. The topological polar surface area (TPSA) is 79.8 Å². The number of amides is 1. The molecule has 0 fully saturated rings. The Balaban J connectivity index is 2.02. The third kappa shape index (κ3) is 3.74. The monoisotopic (exact) mass is 271 g/mol. The van der Waals surface area contributed by atoms with Crippen LogP contribution >= 0.6 is 0 Å². The predicted molar refractivity (Wildman–Crippen MR) is 77.7 cm³/mol. The summed E-state index contributed by atoms with van der Waals surface area (Å²) in [6.45, 7) is 4.76. The minimum absolute atomic E-state index is 0.260. The largest absolute Gasteiger partial charge is 0.369 e. The molecule has 104 valence electrons. The molecule has 0 aliphatic rings. The van der Waals surface area contributed by atoms with Gasteiger partial charge in [0.05, 0.1) is 12.4 Å². The van der Waals surface area contributed by atoms with Crippen LogP contribution < -0.4 is 10.6 Å². The van der Waals surface area contributed by atoms with Gasteiger partial charge in [-0.3, -0.25) is 4.79 Å². The Morgan fingerprint density at radius 1 is 1.20 bits per heavy atom. The third-order valence-electron chi connectivity index (χ3n) is 2.57. The summed E-state index contributed by atoms with van der Waals surface area (Å²) in [7, 11) is 0. The molecular formula is C14H17N5O. The maximum Gasteiger partial charge on any atom is 0.277 e. The van der Waals surface area contributed by atoms with E-state index in [0.717, 1.165) is 18.7 Å². The maximum atomic E-state index is 12.0. The minimum Gasteiger partial charge on any atom is -0.369 e. The summed E-state index contributed by atoms with van der Waals surface area (Å²) in [5.41, 5.74) is 1.10. The van der Waals surface area contributed by atoms with Crippen LogP contribution in [0, 0.1) is 6.92 Å². The third-order valence-corrected chi connectivity index (χ3v) is 2.57. The number of rotatable bonds is 5. The predicted octanol–water partition coefficient (Wildman–Crippen LogP) is 2.25. The van der Waals surface area contributed by atoms with E-state index in [-0.39, 0.29) is 11.6 Å². The van der Waals surface area contributed by atoms with E-state index in [2.05, 4.69) is 32.5 Å². The SMILES string of the molecule is CCCNc1cnc(C(=O)Nc2cccc(C)n2)cn1. The van der Waals surface area contributed by atoms with Gasteiger partial charge in [0.25, 0.3) is 5.91 Å². The average molecular weight is 271 g/mol. The van der Waals surface area contributed by atoms with Crippen LogP contribution in [-0.2, 0) is 0 Å². The van der Waals surface area contributed by atoms with Gasteiger partial charge in [-0.1, -0.05) is 13.0 Å². The molecule has 2 rings (SSSR count). The maximum absolute atomic E-state index is 12.0. The highest BCUT2D eigenvalue weighted by atomic mass is 16.1. The Bertz CT molecular complexity index is 582. The van der Waals surface area contributed by atoms with Gasteiger partial charge < -0.3 is 10.6 Å². The molecule has 0 saturated carbocycles. The molecule has 2 aromatic heterocycles. The molecule has 0 unspecified atom stereocenters. The Kier molecular flexibility index (Phi) is 4.60. The standard InChI is InChI=1S/C14H17N5O/c1-3-7-15-13-9-16-11(8-17-13)14(20)19-12-6-4-5-10(2)18-12/h4-6,8-9H,3,7H2,1-2H3,(H,15,17)(H,18,19,20). The molecule has 20 heavy (non-hydrogen) atoms. The van der Waals surface area contributed by atoms with E-state index in [1.165, 1.54) is 6.20 Å². The Morgan fingerprint density at radius 2 is 2.05 bits per heavy atom. The molecule has 0 bridgehead atoms. The Hall–Kier alpha value is -2.50. The van der Waals surface area contributed by atoms with Gasteiger partial charge in [0.1, 0.15) is 17.3 Å². The lowest BCUT2D eigenvalue weighted by Gasteiger charge is -2.06. The van der Waals surface area contributed by atoms with Gasteiger partial charge in [-0.15, -0.1) is 0 Å². The Labute approximate surface area is 117 Å². The van der Waals surface area contributed by atoms with E-state index in [1.807, 2.05) is 19.1 Å². The van der Waals surface area contributed by atoms with Crippen molar-refractivity contribution in [2.45, 2.75) is 20.3 Å². The van der Waals surface area contributed by atoms with Crippen molar-refractivity contribution >= 4 is 17.5 Å². The summed E-state index contributed by atoms with van der Waals surface area (Å²) in [5.74, 6) is 0.847. The molecule has 0 saturated heterocycles. The fraction of sp³-hybridized carbons (Fsp3) is 0.286. The number of aryl methyl sites for hydroxylation is 1. The molecule has 2 heterocycles. The molecule has 1 amide bonds. The second kappa shape index (κ2) is 6.60. The summed E-state index contributed by atoms with van der Waals surface area (Å²) < 4.78 is 0. The van der Waals surface area contributed by atoms with Crippen LogP contribution in [-0.4, -0.2) is 27.4 Å². The number of hydrogen-bond acceptors (Lipinski definition) is 5. The number of nitrogens with zero attached hydrogens (tertiary/aromatic N) is 3. The van der Waals surface area contributed by atoms with E-state index < -0.39 is 0 Å². The second-order valence-corrected chi connectivity index (χ2v) is 4.33. The quantitative estimate of drug-likeness (QED) is 0.872. The van der Waals surface area contributed by atoms with Crippen LogP contribution in [0.15, 0.2) is 30.6 Å². The first-order valence-corrected chi connectivity index (χ1v) is 6.50. The van der Waals surface area contributed by atoms with Gasteiger partial charge in [-0.05, 0) is 25.5 Å². The first-order valence-electron chi connectivity index (χ1n) is 6.50. The van der Waals surface area contributed by atoms with Gasteiger partial charge in [-0.25, -0.2) is 15.0 Å². The lowest BCUT2D eigenvalue weighted by atomic mass is 10.3. The highest BCUT2D eigenvalue weighted by Gasteiger charge is 2.09. The zero-order chi connectivity index (χ0) is 14.4. The Morgan fingerprint density at radius 3 is 2.70 bits per heavy atom. The van der Waals surface area contributed by atoms with Crippen LogP contribution in [0.5, 0.6) is 0 Å². The van der Waals surface area contributed by atoms with Crippen molar-refractivity contribution in [3.8, 4) is 0 Å². The highest BCUT2D eigenvalue weighted by molar-refractivity contribution is 6.02. The second-order valence-electron chi connectivity index (χ2n) is 4.33. The van der Waals surface area contributed by atoms with Gasteiger partial charge in [0, 0.05) is 12.2 Å². The molecule has 2 aromatic rings. The van der Waals surface area contributed by atoms with Gasteiger partial charge in [0.2, 0.25) is 0 Å². The van der Waals surface area contributed by atoms with Crippen molar-refractivity contribution in [1.82, 2.24) is 15.0 Å². The lowest BCUT2D eigenvalue weighted by Crippen LogP contribution is -2.15. The van der Waals surface area contributed by atoms with E-state index in [1.54, 1.807) is 12.3 Å². The van der Waals surface area contributed by atoms with Crippen molar-refractivity contribution in [2.75, 3.05) is 17.2 Å². The van der Waals surface area contributed by atoms with Crippen LogP contribution in [0.2, 0.25) is 0 Å². The molecule has 6 heteroatoms. The summed E-state index contributed by atoms with van der Waals surface area (Å²) in [4.78, 5) is 24.4. The van der Waals surface area contributed by atoms with E-state index in [9.17, 15) is 4.79 Å². The summed E-state index contributed by atoms with van der Waals surface area (Å²) in [6, 6.07) is 5.43. The first-order chi connectivity index (χ1) is 9.69. The van der Waals surface area contributed by atoms with Crippen LogP contribution in [0.25, 0.3) is 0 Å². The number of carbonyl (C=O) groups excluding carboxylic acids is 1.